The van der Waals surface area contributed by atoms with E-state index < -0.39 is 60.1 Å². The molecule has 0 aliphatic carbocycles. The summed E-state index contributed by atoms with van der Waals surface area (Å²) in [5.74, 6) is -3.44. The number of aromatic amines is 1. The maximum atomic E-state index is 13.8. The normalized spacial score (nSPS) is 19.5. The van der Waals surface area contributed by atoms with Crippen LogP contribution >= 0.6 is 0 Å². The number of ether oxygens (including phenoxy) is 5. The standard InChI is InChI=1S/C38H29N5O10/c44-33-28-32(39-22-40-33)43(42-41-28)21-27-29(50-34(45)23-13-5-1-6-14-23)30(51-35(46)24-15-7-2-8-16-24)31(52-36(47)25-17-9-3-10-18-25)38(49-27)53-37(48)26-19-11-4-12-20-26/h1-20,22,27,29-31,38H,21H2,(H,39,40,44). The Hall–Kier alpha value is -7.00. The molecule has 7 rings (SSSR count). The summed E-state index contributed by atoms with van der Waals surface area (Å²) in [5, 5.41) is 7.98. The molecule has 1 aliphatic heterocycles. The summed E-state index contributed by atoms with van der Waals surface area (Å²) >= 11 is 0. The maximum Gasteiger partial charge on any atom is 0.340 e. The highest BCUT2D eigenvalue weighted by atomic mass is 16.7. The smallest absolute Gasteiger partial charge is 0.340 e. The molecule has 0 amide bonds. The predicted octanol–water partition coefficient (Wildman–Crippen LogP) is 3.77. The first-order chi connectivity index (χ1) is 25.9. The van der Waals surface area contributed by atoms with Crippen LogP contribution in [0.15, 0.2) is 132 Å². The van der Waals surface area contributed by atoms with Gasteiger partial charge in [0.2, 0.25) is 12.4 Å². The molecule has 4 aromatic carbocycles. The molecule has 53 heavy (non-hydrogen) atoms. The number of aromatic nitrogens is 5. The third-order valence-electron chi connectivity index (χ3n) is 8.24. The van der Waals surface area contributed by atoms with Gasteiger partial charge in [-0.15, -0.1) is 5.10 Å². The van der Waals surface area contributed by atoms with Gasteiger partial charge in [-0.3, -0.25) is 4.79 Å². The van der Waals surface area contributed by atoms with Gasteiger partial charge in [0.25, 0.3) is 5.56 Å². The molecule has 5 unspecified atom stereocenters. The molecular formula is C38H29N5O10. The van der Waals surface area contributed by atoms with Gasteiger partial charge in [0, 0.05) is 0 Å². The Kier molecular flexibility index (Phi) is 10.1. The first-order valence-electron chi connectivity index (χ1n) is 16.3. The van der Waals surface area contributed by atoms with E-state index >= 15 is 0 Å². The van der Waals surface area contributed by atoms with E-state index in [0.717, 1.165) is 6.33 Å². The minimum Gasteiger partial charge on any atom is -0.452 e. The number of esters is 4. The highest BCUT2D eigenvalue weighted by Gasteiger charge is 2.54. The van der Waals surface area contributed by atoms with Crippen molar-refractivity contribution in [2.24, 2.45) is 0 Å². The Labute approximate surface area is 300 Å². The number of nitrogens with one attached hydrogen (secondary N) is 1. The number of nitrogens with zero attached hydrogens (tertiary/aromatic N) is 4. The third kappa shape index (κ3) is 7.69. The lowest BCUT2D eigenvalue weighted by Gasteiger charge is -2.44. The van der Waals surface area contributed by atoms with Gasteiger partial charge in [0.1, 0.15) is 6.10 Å². The van der Waals surface area contributed by atoms with Gasteiger partial charge in [0.15, 0.2) is 23.4 Å². The molecule has 0 spiro atoms. The first kappa shape index (κ1) is 34.4. The first-order valence-corrected chi connectivity index (χ1v) is 16.3. The van der Waals surface area contributed by atoms with Crippen LogP contribution in [0.5, 0.6) is 0 Å². The quantitative estimate of drug-likeness (QED) is 0.159. The van der Waals surface area contributed by atoms with Crippen molar-refractivity contribution in [2.75, 3.05) is 0 Å². The van der Waals surface area contributed by atoms with Crippen LogP contribution in [0.4, 0.5) is 0 Å². The second kappa shape index (κ2) is 15.5. The highest BCUT2D eigenvalue weighted by Crippen LogP contribution is 2.33. The van der Waals surface area contributed by atoms with Crippen LogP contribution in [-0.2, 0) is 30.2 Å². The number of rotatable bonds is 10. The van der Waals surface area contributed by atoms with E-state index in [1.54, 1.807) is 72.8 Å². The van der Waals surface area contributed by atoms with Crippen LogP contribution in [0, 0.1) is 0 Å². The van der Waals surface area contributed by atoms with Gasteiger partial charge in [-0.2, -0.15) is 0 Å². The van der Waals surface area contributed by atoms with Crippen molar-refractivity contribution in [3.05, 3.63) is 160 Å². The summed E-state index contributed by atoms with van der Waals surface area (Å²) in [4.78, 5) is 73.7. The van der Waals surface area contributed by atoms with Crippen molar-refractivity contribution in [1.82, 2.24) is 25.0 Å². The van der Waals surface area contributed by atoms with Crippen LogP contribution in [0.1, 0.15) is 41.4 Å². The van der Waals surface area contributed by atoms with Gasteiger partial charge in [-0.1, -0.05) is 78.0 Å². The molecule has 15 nitrogen and oxygen atoms in total. The Morgan fingerprint density at radius 1 is 0.604 bits per heavy atom. The Morgan fingerprint density at radius 3 is 1.53 bits per heavy atom. The average molecular weight is 716 g/mol. The molecule has 1 fully saturated rings. The lowest BCUT2D eigenvalue weighted by molar-refractivity contribution is -0.280. The second-order valence-corrected chi connectivity index (χ2v) is 11.7. The van der Waals surface area contributed by atoms with Gasteiger partial charge in [-0.05, 0) is 48.5 Å². The zero-order valence-electron chi connectivity index (χ0n) is 27.6. The molecule has 2 aromatic heterocycles. The van der Waals surface area contributed by atoms with Crippen molar-refractivity contribution >= 4 is 35.0 Å². The number of carbonyl (C=O) groups is 4. The molecule has 3 heterocycles. The van der Waals surface area contributed by atoms with Crippen molar-refractivity contribution in [1.29, 1.82) is 0 Å². The lowest BCUT2D eigenvalue weighted by Crippen LogP contribution is -2.63. The van der Waals surface area contributed by atoms with Crippen LogP contribution in [0.2, 0.25) is 0 Å². The second-order valence-electron chi connectivity index (χ2n) is 11.7. The Balaban J connectivity index is 1.34. The number of fused-ring (bicyclic) bond motifs is 1. The summed E-state index contributed by atoms with van der Waals surface area (Å²) in [7, 11) is 0. The number of benzene rings is 4. The van der Waals surface area contributed by atoms with E-state index in [1.807, 2.05) is 0 Å². The third-order valence-corrected chi connectivity index (χ3v) is 8.24. The Morgan fingerprint density at radius 2 is 1.04 bits per heavy atom. The van der Waals surface area contributed by atoms with Crippen molar-refractivity contribution in [3.63, 3.8) is 0 Å². The minimum atomic E-state index is -1.74. The van der Waals surface area contributed by atoms with Crippen molar-refractivity contribution < 1.29 is 42.9 Å². The molecule has 5 atom stereocenters. The Bertz CT molecular complexity index is 2280. The van der Waals surface area contributed by atoms with E-state index in [-0.39, 0.29) is 40.0 Å². The maximum absolute atomic E-state index is 13.8. The zero-order chi connectivity index (χ0) is 36.7. The fourth-order valence-electron chi connectivity index (χ4n) is 5.66. The predicted molar refractivity (Wildman–Crippen MR) is 183 cm³/mol. The van der Waals surface area contributed by atoms with Crippen LogP contribution in [-0.4, -0.2) is 79.5 Å². The molecule has 15 heteroatoms. The van der Waals surface area contributed by atoms with Gasteiger partial charge < -0.3 is 28.7 Å². The van der Waals surface area contributed by atoms with Gasteiger partial charge >= 0.3 is 23.9 Å². The van der Waals surface area contributed by atoms with Gasteiger partial charge in [0.05, 0.1) is 35.1 Å². The molecule has 6 aromatic rings. The monoisotopic (exact) mass is 715 g/mol. The summed E-state index contributed by atoms with van der Waals surface area (Å²) in [6, 6.07) is 31.9. The van der Waals surface area contributed by atoms with E-state index in [4.69, 9.17) is 23.7 Å². The highest BCUT2D eigenvalue weighted by molar-refractivity contribution is 5.92. The fraction of sp³-hybridized carbons (Fsp3) is 0.158. The van der Waals surface area contributed by atoms with E-state index in [0.29, 0.717) is 0 Å². The van der Waals surface area contributed by atoms with E-state index in [2.05, 4.69) is 20.3 Å². The average Bonchev–Trinajstić information content (AvgIpc) is 3.62. The minimum absolute atomic E-state index is 0.0544. The molecular weight excluding hydrogens is 686 g/mol. The summed E-state index contributed by atoms with van der Waals surface area (Å²) in [6.07, 6.45) is -6.82. The summed E-state index contributed by atoms with van der Waals surface area (Å²) in [5.41, 5.74) is -0.0561. The summed E-state index contributed by atoms with van der Waals surface area (Å²) in [6.45, 7) is -0.322. The number of hydrogen-bond acceptors (Lipinski definition) is 13. The number of carbonyl (C=O) groups excluding carboxylic acids is 4. The number of H-pyrrole nitrogens is 1. The van der Waals surface area contributed by atoms with Crippen LogP contribution in [0.25, 0.3) is 11.2 Å². The van der Waals surface area contributed by atoms with E-state index in [1.165, 1.54) is 53.2 Å². The molecule has 1 saturated heterocycles. The van der Waals surface area contributed by atoms with Crippen molar-refractivity contribution in [3.8, 4) is 0 Å². The molecule has 266 valence electrons. The van der Waals surface area contributed by atoms with E-state index in [9.17, 15) is 24.0 Å². The molecule has 1 N–H and O–H groups in total. The lowest BCUT2D eigenvalue weighted by atomic mass is 9.97. The SMILES string of the molecule is O=C(OC1OC(Cn2nnc3c(=O)[nH]cnc32)C(OC(=O)c2ccccc2)C(OC(=O)c2ccccc2)C1OC(=O)c1ccccc1)c1ccccc1. The molecule has 1 aliphatic rings. The number of hydrogen-bond donors (Lipinski definition) is 1. The van der Waals surface area contributed by atoms with Crippen LogP contribution in [0.3, 0.4) is 0 Å². The van der Waals surface area contributed by atoms with Crippen molar-refractivity contribution in [2.45, 2.75) is 37.3 Å². The summed E-state index contributed by atoms with van der Waals surface area (Å²) < 4.78 is 31.5. The molecule has 0 radical (unpaired) electrons. The van der Waals surface area contributed by atoms with Crippen LogP contribution < -0.4 is 5.56 Å². The zero-order valence-corrected chi connectivity index (χ0v) is 27.6. The molecule has 0 saturated carbocycles. The topological polar surface area (TPSA) is 191 Å². The van der Waals surface area contributed by atoms with Gasteiger partial charge in [-0.25, -0.2) is 28.8 Å². The molecule has 0 bridgehead atoms. The fourth-order valence-corrected chi connectivity index (χ4v) is 5.66. The largest absolute Gasteiger partial charge is 0.452 e.